The number of piperidine rings is 1. The fourth-order valence-electron chi connectivity index (χ4n) is 4.06. The Kier molecular flexibility index (Phi) is 6.66. The first-order valence-corrected chi connectivity index (χ1v) is 8.76. The summed E-state index contributed by atoms with van der Waals surface area (Å²) < 4.78 is 0. The van der Waals surface area contributed by atoms with Crippen LogP contribution in [0.5, 0.6) is 0 Å². The zero-order valence-electron chi connectivity index (χ0n) is 13.2. The normalized spacial score (nSPS) is 24.8. The monoisotopic (exact) mass is 266 g/mol. The molecule has 2 nitrogen and oxygen atoms in total. The van der Waals surface area contributed by atoms with E-state index in [4.69, 9.17) is 0 Å². The first-order valence-electron chi connectivity index (χ1n) is 8.76. The molecule has 2 heteroatoms. The van der Waals surface area contributed by atoms with Crippen LogP contribution in [0, 0.1) is 11.8 Å². The maximum Gasteiger partial charge on any atom is 0.00953 e. The molecule has 0 aromatic carbocycles. The Morgan fingerprint density at radius 1 is 1.05 bits per heavy atom. The van der Waals surface area contributed by atoms with Crippen LogP contribution in [0.25, 0.3) is 0 Å². The summed E-state index contributed by atoms with van der Waals surface area (Å²) in [7, 11) is 0. The molecule has 0 amide bonds. The predicted molar refractivity (Wildman–Crippen MR) is 83.5 cm³/mol. The molecule has 1 unspecified atom stereocenters. The molecule has 0 bridgehead atoms. The van der Waals surface area contributed by atoms with E-state index in [2.05, 4.69) is 24.1 Å². The topological polar surface area (TPSA) is 15.3 Å². The van der Waals surface area contributed by atoms with Crippen LogP contribution in [0.15, 0.2) is 0 Å². The average Bonchev–Trinajstić information content (AvgIpc) is 2.48. The van der Waals surface area contributed by atoms with E-state index in [0.717, 1.165) is 17.9 Å². The third-order valence-corrected chi connectivity index (χ3v) is 5.37. The van der Waals surface area contributed by atoms with Crippen LogP contribution < -0.4 is 5.32 Å². The van der Waals surface area contributed by atoms with Crippen molar-refractivity contribution >= 4 is 0 Å². The SMILES string of the molecule is CCCN(CC1CCNCC1)C(C)C1CCCCC1. The Morgan fingerprint density at radius 3 is 2.37 bits per heavy atom. The highest BCUT2D eigenvalue weighted by Crippen LogP contribution is 2.30. The van der Waals surface area contributed by atoms with Crippen molar-refractivity contribution in [1.82, 2.24) is 10.2 Å². The first-order chi connectivity index (χ1) is 9.31. The van der Waals surface area contributed by atoms with Crippen LogP contribution >= 0.6 is 0 Å². The van der Waals surface area contributed by atoms with Crippen LogP contribution in [-0.2, 0) is 0 Å². The second kappa shape index (κ2) is 8.26. The van der Waals surface area contributed by atoms with Crippen molar-refractivity contribution in [3.63, 3.8) is 0 Å². The van der Waals surface area contributed by atoms with Crippen molar-refractivity contribution in [2.75, 3.05) is 26.2 Å². The van der Waals surface area contributed by atoms with E-state index in [-0.39, 0.29) is 0 Å². The van der Waals surface area contributed by atoms with Crippen LogP contribution in [-0.4, -0.2) is 37.1 Å². The standard InChI is InChI=1S/C17H34N2/c1-3-13-19(14-16-9-11-18-12-10-16)15(2)17-7-5-4-6-8-17/h15-18H,3-14H2,1-2H3. The summed E-state index contributed by atoms with van der Waals surface area (Å²) in [5, 5.41) is 3.49. The molecular formula is C17H34N2. The minimum Gasteiger partial charge on any atom is -0.317 e. The van der Waals surface area contributed by atoms with Gasteiger partial charge in [0.25, 0.3) is 0 Å². The summed E-state index contributed by atoms with van der Waals surface area (Å²) in [5.41, 5.74) is 0. The van der Waals surface area contributed by atoms with E-state index in [1.165, 1.54) is 77.5 Å². The van der Waals surface area contributed by atoms with Crippen molar-refractivity contribution in [1.29, 1.82) is 0 Å². The lowest BCUT2D eigenvalue weighted by Gasteiger charge is -2.39. The van der Waals surface area contributed by atoms with Crippen molar-refractivity contribution in [2.45, 2.75) is 71.3 Å². The Morgan fingerprint density at radius 2 is 1.74 bits per heavy atom. The molecule has 1 atom stereocenters. The van der Waals surface area contributed by atoms with E-state index >= 15 is 0 Å². The zero-order valence-corrected chi connectivity index (χ0v) is 13.2. The van der Waals surface area contributed by atoms with Crippen LogP contribution in [0.3, 0.4) is 0 Å². The minimum absolute atomic E-state index is 0.815. The van der Waals surface area contributed by atoms with Gasteiger partial charge in [-0.25, -0.2) is 0 Å². The Labute approximate surface area is 120 Å². The highest BCUT2D eigenvalue weighted by molar-refractivity contribution is 4.81. The van der Waals surface area contributed by atoms with Crippen molar-refractivity contribution in [3.8, 4) is 0 Å². The summed E-state index contributed by atoms with van der Waals surface area (Å²) in [4.78, 5) is 2.83. The van der Waals surface area contributed by atoms with E-state index in [0.29, 0.717) is 0 Å². The molecule has 2 aliphatic rings. The summed E-state index contributed by atoms with van der Waals surface area (Å²) in [6.07, 6.45) is 11.5. The largest absolute Gasteiger partial charge is 0.317 e. The van der Waals surface area contributed by atoms with Gasteiger partial charge in [-0.15, -0.1) is 0 Å². The summed E-state index contributed by atoms with van der Waals surface area (Å²) in [6.45, 7) is 9.98. The molecule has 1 N–H and O–H groups in total. The number of nitrogens with zero attached hydrogens (tertiary/aromatic N) is 1. The molecule has 2 rings (SSSR count). The molecule has 1 saturated carbocycles. The predicted octanol–water partition coefficient (Wildman–Crippen LogP) is 3.67. The Hall–Kier alpha value is -0.0800. The van der Waals surface area contributed by atoms with E-state index in [1.807, 2.05) is 0 Å². The number of rotatable bonds is 6. The highest BCUT2D eigenvalue weighted by atomic mass is 15.2. The summed E-state index contributed by atoms with van der Waals surface area (Å²) in [6, 6.07) is 0.815. The second-order valence-corrected chi connectivity index (χ2v) is 6.83. The van der Waals surface area contributed by atoms with Gasteiger partial charge in [-0.1, -0.05) is 26.2 Å². The Balaban J connectivity index is 1.85. The van der Waals surface area contributed by atoms with E-state index in [1.54, 1.807) is 0 Å². The molecule has 1 aliphatic carbocycles. The molecule has 19 heavy (non-hydrogen) atoms. The van der Waals surface area contributed by atoms with Crippen molar-refractivity contribution in [3.05, 3.63) is 0 Å². The third-order valence-electron chi connectivity index (χ3n) is 5.37. The van der Waals surface area contributed by atoms with Gasteiger partial charge in [0.15, 0.2) is 0 Å². The molecule has 0 aromatic heterocycles. The molecule has 1 saturated heterocycles. The van der Waals surface area contributed by atoms with Crippen LogP contribution in [0.1, 0.15) is 65.2 Å². The van der Waals surface area contributed by atoms with Crippen molar-refractivity contribution in [2.24, 2.45) is 11.8 Å². The van der Waals surface area contributed by atoms with Gasteiger partial charge in [-0.2, -0.15) is 0 Å². The van der Waals surface area contributed by atoms with Gasteiger partial charge in [0.1, 0.15) is 0 Å². The number of nitrogens with one attached hydrogen (secondary N) is 1. The molecule has 1 heterocycles. The lowest BCUT2D eigenvalue weighted by molar-refractivity contribution is 0.103. The van der Waals surface area contributed by atoms with Gasteiger partial charge in [0.2, 0.25) is 0 Å². The molecule has 1 aliphatic heterocycles. The molecule has 112 valence electrons. The fraction of sp³-hybridized carbons (Fsp3) is 1.00. The maximum atomic E-state index is 3.49. The molecular weight excluding hydrogens is 232 g/mol. The zero-order chi connectivity index (χ0) is 13.5. The second-order valence-electron chi connectivity index (χ2n) is 6.83. The maximum absolute atomic E-state index is 3.49. The van der Waals surface area contributed by atoms with Gasteiger partial charge < -0.3 is 10.2 Å². The van der Waals surface area contributed by atoms with Crippen molar-refractivity contribution < 1.29 is 0 Å². The van der Waals surface area contributed by atoms with Gasteiger partial charge in [0, 0.05) is 12.6 Å². The molecule has 0 radical (unpaired) electrons. The highest BCUT2D eigenvalue weighted by Gasteiger charge is 2.26. The average molecular weight is 266 g/mol. The molecule has 2 fully saturated rings. The first kappa shape index (κ1) is 15.3. The smallest absolute Gasteiger partial charge is 0.00953 e. The van der Waals surface area contributed by atoms with Gasteiger partial charge in [0.05, 0.1) is 0 Å². The Bertz CT molecular complexity index is 229. The van der Waals surface area contributed by atoms with Crippen LogP contribution in [0.2, 0.25) is 0 Å². The van der Waals surface area contributed by atoms with Gasteiger partial charge in [-0.3, -0.25) is 0 Å². The van der Waals surface area contributed by atoms with Gasteiger partial charge in [-0.05, 0) is 70.5 Å². The molecule has 0 spiro atoms. The van der Waals surface area contributed by atoms with E-state index in [9.17, 15) is 0 Å². The van der Waals surface area contributed by atoms with Crippen LogP contribution in [0.4, 0.5) is 0 Å². The number of hydrogen-bond donors (Lipinski definition) is 1. The lowest BCUT2D eigenvalue weighted by Crippen LogP contribution is -2.44. The number of hydrogen-bond acceptors (Lipinski definition) is 2. The quantitative estimate of drug-likeness (QED) is 0.789. The minimum atomic E-state index is 0.815. The fourth-order valence-corrected chi connectivity index (χ4v) is 4.06. The van der Waals surface area contributed by atoms with E-state index < -0.39 is 0 Å². The summed E-state index contributed by atoms with van der Waals surface area (Å²) >= 11 is 0. The lowest BCUT2D eigenvalue weighted by atomic mass is 9.83. The molecule has 0 aromatic rings. The van der Waals surface area contributed by atoms with Gasteiger partial charge >= 0.3 is 0 Å². The summed E-state index contributed by atoms with van der Waals surface area (Å²) in [5.74, 6) is 1.92. The third kappa shape index (κ3) is 4.75.